The Morgan fingerprint density at radius 2 is 1.60 bits per heavy atom. The van der Waals surface area contributed by atoms with Gasteiger partial charge < -0.3 is 15.4 Å². The smallest absolute Gasteiger partial charge is 0.233 e. The van der Waals surface area contributed by atoms with Gasteiger partial charge in [0.25, 0.3) is 0 Å². The summed E-state index contributed by atoms with van der Waals surface area (Å²) in [5.74, 6) is -0.158. The predicted octanol–water partition coefficient (Wildman–Crippen LogP) is 4.06. The first-order valence-electron chi connectivity index (χ1n) is 8.28. The van der Waals surface area contributed by atoms with Gasteiger partial charge in [0.1, 0.15) is 12.2 Å². The second-order valence-electron chi connectivity index (χ2n) is 6.25. The molecule has 132 valence electrons. The van der Waals surface area contributed by atoms with E-state index < -0.39 is 0 Å². The van der Waals surface area contributed by atoms with Crippen LogP contribution in [-0.2, 0) is 9.59 Å². The number of ether oxygens (including phenoxy) is 1. The van der Waals surface area contributed by atoms with E-state index in [-0.39, 0.29) is 24.3 Å². The molecule has 0 aliphatic heterocycles. The van der Waals surface area contributed by atoms with Crippen molar-refractivity contribution in [1.29, 1.82) is 0 Å². The lowest BCUT2D eigenvalue weighted by molar-refractivity contribution is -0.123. The molecule has 0 bridgehead atoms. The molecular weight excluding hydrogens is 316 g/mol. The molecule has 2 N–H and O–H groups in total. The standard InChI is InChI=1S/C20H24N2O3/c1-13(2)25-18-8-6-5-7-17(18)22-20(24)12-19(23)21-16-10-9-14(3)11-15(16)4/h5-11,13H,12H2,1-4H3,(H,21,23)(H,22,24). The van der Waals surface area contributed by atoms with Gasteiger partial charge in [-0.15, -0.1) is 0 Å². The number of amides is 2. The highest BCUT2D eigenvalue weighted by Crippen LogP contribution is 2.25. The van der Waals surface area contributed by atoms with Crippen molar-refractivity contribution in [2.24, 2.45) is 0 Å². The quantitative estimate of drug-likeness (QED) is 0.779. The van der Waals surface area contributed by atoms with E-state index in [2.05, 4.69) is 10.6 Å². The van der Waals surface area contributed by atoms with E-state index in [4.69, 9.17) is 4.74 Å². The van der Waals surface area contributed by atoms with E-state index in [9.17, 15) is 9.59 Å². The average molecular weight is 340 g/mol. The van der Waals surface area contributed by atoms with Crippen LogP contribution in [0.15, 0.2) is 42.5 Å². The summed E-state index contributed by atoms with van der Waals surface area (Å²) in [7, 11) is 0. The minimum atomic E-state index is -0.387. The van der Waals surface area contributed by atoms with E-state index in [0.29, 0.717) is 17.1 Å². The highest BCUT2D eigenvalue weighted by Gasteiger charge is 2.13. The number of hydrogen-bond acceptors (Lipinski definition) is 3. The summed E-state index contributed by atoms with van der Waals surface area (Å²) in [4.78, 5) is 24.3. The third-order valence-corrected chi connectivity index (χ3v) is 3.50. The first-order chi connectivity index (χ1) is 11.8. The number of carbonyl (C=O) groups excluding carboxylic acids is 2. The Bertz CT molecular complexity index is 769. The van der Waals surface area contributed by atoms with Crippen molar-refractivity contribution >= 4 is 23.2 Å². The monoisotopic (exact) mass is 340 g/mol. The largest absolute Gasteiger partial charge is 0.489 e. The minimum Gasteiger partial charge on any atom is -0.489 e. The van der Waals surface area contributed by atoms with Crippen LogP contribution in [0.3, 0.4) is 0 Å². The summed E-state index contributed by atoms with van der Waals surface area (Å²) in [6.45, 7) is 7.73. The molecule has 0 aliphatic carbocycles. The molecule has 0 unspecified atom stereocenters. The average Bonchev–Trinajstić information content (AvgIpc) is 2.51. The zero-order chi connectivity index (χ0) is 18.4. The van der Waals surface area contributed by atoms with Crippen molar-refractivity contribution < 1.29 is 14.3 Å². The summed E-state index contributed by atoms with van der Waals surface area (Å²) in [5, 5.41) is 5.50. The molecule has 5 heteroatoms. The molecule has 0 spiro atoms. The van der Waals surface area contributed by atoms with Gasteiger partial charge in [-0.1, -0.05) is 29.8 Å². The van der Waals surface area contributed by atoms with Crippen LogP contribution in [0.25, 0.3) is 0 Å². The lowest BCUT2D eigenvalue weighted by Crippen LogP contribution is -2.22. The topological polar surface area (TPSA) is 67.4 Å². The molecule has 0 atom stereocenters. The van der Waals surface area contributed by atoms with Crippen LogP contribution in [0, 0.1) is 13.8 Å². The minimum absolute atomic E-state index is 0.00846. The number of hydrogen-bond donors (Lipinski definition) is 2. The zero-order valence-corrected chi connectivity index (χ0v) is 15.1. The third-order valence-electron chi connectivity index (χ3n) is 3.50. The van der Waals surface area contributed by atoms with Gasteiger partial charge in [0.15, 0.2) is 0 Å². The fraction of sp³-hybridized carbons (Fsp3) is 0.300. The molecule has 0 aromatic heterocycles. The SMILES string of the molecule is Cc1ccc(NC(=O)CC(=O)Nc2ccccc2OC(C)C)c(C)c1. The Morgan fingerprint density at radius 3 is 2.24 bits per heavy atom. The molecule has 5 nitrogen and oxygen atoms in total. The molecule has 0 saturated heterocycles. The predicted molar refractivity (Wildman–Crippen MR) is 100.0 cm³/mol. The maximum Gasteiger partial charge on any atom is 0.233 e. The second-order valence-corrected chi connectivity index (χ2v) is 6.25. The van der Waals surface area contributed by atoms with Gasteiger partial charge in [0.2, 0.25) is 11.8 Å². The van der Waals surface area contributed by atoms with E-state index >= 15 is 0 Å². The maximum atomic E-state index is 12.2. The van der Waals surface area contributed by atoms with Gasteiger partial charge in [-0.2, -0.15) is 0 Å². The first-order valence-corrected chi connectivity index (χ1v) is 8.28. The molecular formula is C20H24N2O3. The molecule has 0 heterocycles. The molecule has 2 aromatic rings. The van der Waals surface area contributed by atoms with Crippen LogP contribution in [0.1, 0.15) is 31.4 Å². The molecule has 2 rings (SSSR count). The zero-order valence-electron chi connectivity index (χ0n) is 15.1. The fourth-order valence-electron chi connectivity index (χ4n) is 2.42. The highest BCUT2D eigenvalue weighted by molar-refractivity contribution is 6.08. The van der Waals surface area contributed by atoms with E-state index in [1.54, 1.807) is 18.2 Å². The number of nitrogens with one attached hydrogen (secondary N) is 2. The highest BCUT2D eigenvalue weighted by atomic mass is 16.5. The summed E-state index contributed by atoms with van der Waals surface area (Å²) in [6.07, 6.45) is -0.269. The fourth-order valence-corrected chi connectivity index (χ4v) is 2.42. The van der Waals surface area contributed by atoms with Crippen molar-refractivity contribution in [2.75, 3.05) is 10.6 Å². The van der Waals surface area contributed by atoms with Gasteiger partial charge >= 0.3 is 0 Å². The van der Waals surface area contributed by atoms with Crippen molar-refractivity contribution in [1.82, 2.24) is 0 Å². The van der Waals surface area contributed by atoms with Gasteiger partial charge in [-0.3, -0.25) is 9.59 Å². The lowest BCUT2D eigenvalue weighted by Gasteiger charge is -2.15. The Hall–Kier alpha value is -2.82. The molecule has 0 aliphatic rings. The van der Waals surface area contributed by atoms with Crippen molar-refractivity contribution in [3.8, 4) is 5.75 Å². The van der Waals surface area contributed by atoms with Gasteiger partial charge in [0, 0.05) is 5.69 Å². The molecule has 0 fully saturated rings. The Balaban J connectivity index is 1.97. The van der Waals surface area contributed by atoms with Crippen molar-refractivity contribution in [2.45, 2.75) is 40.2 Å². The summed E-state index contributed by atoms with van der Waals surface area (Å²) >= 11 is 0. The maximum absolute atomic E-state index is 12.2. The molecule has 0 radical (unpaired) electrons. The third kappa shape index (κ3) is 5.64. The van der Waals surface area contributed by atoms with Crippen molar-refractivity contribution in [3.05, 3.63) is 53.6 Å². The van der Waals surface area contributed by atoms with Crippen LogP contribution in [0.5, 0.6) is 5.75 Å². The summed E-state index contributed by atoms with van der Waals surface area (Å²) in [5.41, 5.74) is 3.35. The van der Waals surface area contributed by atoms with Gasteiger partial charge in [0.05, 0.1) is 11.8 Å². The van der Waals surface area contributed by atoms with E-state index in [1.807, 2.05) is 52.0 Å². The number of aryl methyl sites for hydroxylation is 2. The molecule has 2 amide bonds. The van der Waals surface area contributed by atoms with Crippen LogP contribution < -0.4 is 15.4 Å². The second kappa shape index (κ2) is 8.33. The molecule has 25 heavy (non-hydrogen) atoms. The van der Waals surface area contributed by atoms with Crippen LogP contribution in [-0.4, -0.2) is 17.9 Å². The first kappa shape index (κ1) is 18.5. The number of rotatable bonds is 6. The van der Waals surface area contributed by atoms with Crippen molar-refractivity contribution in [3.63, 3.8) is 0 Å². The van der Waals surface area contributed by atoms with Gasteiger partial charge in [-0.25, -0.2) is 0 Å². The van der Waals surface area contributed by atoms with E-state index in [0.717, 1.165) is 11.1 Å². The normalized spacial score (nSPS) is 10.4. The number of anilines is 2. The molecule has 2 aromatic carbocycles. The van der Waals surface area contributed by atoms with Gasteiger partial charge in [-0.05, 0) is 51.5 Å². The lowest BCUT2D eigenvalue weighted by atomic mass is 10.1. The van der Waals surface area contributed by atoms with Crippen LogP contribution in [0.4, 0.5) is 11.4 Å². The van der Waals surface area contributed by atoms with Crippen LogP contribution >= 0.6 is 0 Å². The number of benzene rings is 2. The Morgan fingerprint density at radius 1 is 0.960 bits per heavy atom. The Kier molecular flexibility index (Phi) is 6.17. The summed E-state index contributed by atoms with van der Waals surface area (Å²) < 4.78 is 5.66. The Labute approximate surface area is 148 Å². The number of para-hydroxylation sites is 2. The summed E-state index contributed by atoms with van der Waals surface area (Å²) in [6, 6.07) is 12.9. The van der Waals surface area contributed by atoms with Crippen LogP contribution in [0.2, 0.25) is 0 Å². The molecule has 0 saturated carbocycles. The van der Waals surface area contributed by atoms with E-state index in [1.165, 1.54) is 0 Å². The number of carbonyl (C=O) groups is 2.